The quantitative estimate of drug-likeness (QED) is 0.698. The average Bonchev–Trinajstić information content (AvgIpc) is 3.00. The highest BCUT2D eigenvalue weighted by atomic mass is 35.5. The van der Waals surface area contributed by atoms with Crippen LogP contribution in [0.4, 0.5) is 18.9 Å². The fourth-order valence-electron chi connectivity index (χ4n) is 2.33. The zero-order valence-corrected chi connectivity index (χ0v) is 15.3. The van der Waals surface area contributed by atoms with Gasteiger partial charge in [0.2, 0.25) is 0 Å². The van der Waals surface area contributed by atoms with Gasteiger partial charge in [0, 0.05) is 18.3 Å². The molecule has 3 rings (SSSR count). The van der Waals surface area contributed by atoms with E-state index in [0.717, 1.165) is 12.1 Å². The number of hydrogen-bond acceptors (Lipinski definition) is 4. The molecule has 0 atom stereocenters. The van der Waals surface area contributed by atoms with Gasteiger partial charge in [0.15, 0.2) is 5.82 Å². The van der Waals surface area contributed by atoms with E-state index in [1.165, 1.54) is 18.5 Å². The van der Waals surface area contributed by atoms with Gasteiger partial charge in [0.05, 0.1) is 15.5 Å². The third-order valence-corrected chi connectivity index (χ3v) is 5.37. The fraction of sp³-hybridized carbons (Fsp3) is 0.125. The summed E-state index contributed by atoms with van der Waals surface area (Å²) < 4.78 is 67.6. The van der Waals surface area contributed by atoms with Crippen LogP contribution in [0.1, 0.15) is 5.56 Å². The van der Waals surface area contributed by atoms with Crippen molar-refractivity contribution in [2.45, 2.75) is 11.1 Å². The molecule has 0 saturated heterocycles. The molecule has 0 bridgehead atoms. The molecule has 0 amide bonds. The van der Waals surface area contributed by atoms with Crippen LogP contribution >= 0.6 is 11.6 Å². The van der Waals surface area contributed by atoms with Gasteiger partial charge in [-0.05, 0) is 42.5 Å². The molecule has 1 N–H and O–H groups in total. The van der Waals surface area contributed by atoms with E-state index in [0.29, 0.717) is 17.5 Å². The predicted molar refractivity (Wildman–Crippen MR) is 93.7 cm³/mol. The summed E-state index contributed by atoms with van der Waals surface area (Å²) in [5, 5.41) is 7.11. The van der Waals surface area contributed by atoms with Crippen LogP contribution < -0.4 is 4.72 Å². The largest absolute Gasteiger partial charge is 0.417 e. The van der Waals surface area contributed by atoms with E-state index >= 15 is 0 Å². The third-order valence-electron chi connectivity index (χ3n) is 3.66. The lowest BCUT2D eigenvalue weighted by Crippen LogP contribution is -2.15. The Kier molecular flexibility index (Phi) is 4.87. The van der Waals surface area contributed by atoms with Crippen LogP contribution in [0.5, 0.6) is 0 Å². The molecule has 27 heavy (non-hydrogen) atoms. The van der Waals surface area contributed by atoms with Crippen LogP contribution in [-0.2, 0) is 23.2 Å². The number of aryl methyl sites for hydroxylation is 1. The number of nitrogens with one attached hydrogen (secondary N) is 1. The second kappa shape index (κ2) is 6.86. The summed E-state index contributed by atoms with van der Waals surface area (Å²) in [6, 6.07) is 8.59. The van der Waals surface area contributed by atoms with Crippen molar-refractivity contribution in [1.82, 2.24) is 14.8 Å². The molecule has 0 fully saturated rings. The molecule has 1 heterocycles. The molecule has 2 aromatic carbocycles. The third kappa shape index (κ3) is 4.06. The van der Waals surface area contributed by atoms with Crippen LogP contribution in [0.2, 0.25) is 5.02 Å². The summed E-state index contributed by atoms with van der Waals surface area (Å²) in [6.45, 7) is 0. The Morgan fingerprint density at radius 3 is 2.33 bits per heavy atom. The number of rotatable bonds is 4. The molecule has 0 saturated carbocycles. The van der Waals surface area contributed by atoms with Gasteiger partial charge < -0.3 is 4.57 Å². The van der Waals surface area contributed by atoms with Crippen molar-refractivity contribution in [3.63, 3.8) is 0 Å². The van der Waals surface area contributed by atoms with E-state index in [1.54, 1.807) is 23.7 Å². The predicted octanol–water partition coefficient (Wildman–Crippen LogP) is 3.96. The molecule has 0 unspecified atom stereocenters. The maximum atomic E-state index is 12.9. The smallest absolute Gasteiger partial charge is 0.317 e. The zero-order chi connectivity index (χ0) is 19.8. The molecule has 0 aliphatic carbocycles. The van der Waals surface area contributed by atoms with E-state index in [2.05, 4.69) is 14.9 Å². The lowest BCUT2D eigenvalue weighted by Gasteiger charge is -2.13. The highest BCUT2D eigenvalue weighted by Crippen LogP contribution is 2.36. The van der Waals surface area contributed by atoms with E-state index < -0.39 is 31.7 Å². The SMILES string of the molecule is Cn1cnnc1-c1ccc(NS(=O)(=O)c2ccc(Cl)c(C(F)(F)F)c2)cc1. The van der Waals surface area contributed by atoms with Crippen LogP contribution in [0, 0.1) is 0 Å². The number of halogens is 4. The van der Waals surface area contributed by atoms with E-state index in [4.69, 9.17) is 11.6 Å². The van der Waals surface area contributed by atoms with Crippen LogP contribution in [0.15, 0.2) is 53.7 Å². The van der Waals surface area contributed by atoms with Gasteiger partial charge in [0.1, 0.15) is 6.33 Å². The summed E-state index contributed by atoms with van der Waals surface area (Å²) in [7, 11) is -2.47. The van der Waals surface area contributed by atoms with Crippen LogP contribution in [0.25, 0.3) is 11.4 Å². The maximum absolute atomic E-state index is 12.9. The maximum Gasteiger partial charge on any atom is 0.417 e. The second-order valence-electron chi connectivity index (χ2n) is 5.59. The van der Waals surface area contributed by atoms with E-state index in [1.807, 2.05) is 0 Å². The first-order chi connectivity index (χ1) is 12.6. The molecular weight excluding hydrogens is 405 g/mol. The lowest BCUT2D eigenvalue weighted by atomic mass is 10.2. The lowest BCUT2D eigenvalue weighted by molar-refractivity contribution is -0.137. The minimum Gasteiger partial charge on any atom is -0.317 e. The van der Waals surface area contributed by atoms with Crippen molar-refractivity contribution in [1.29, 1.82) is 0 Å². The molecule has 142 valence electrons. The minimum absolute atomic E-state index is 0.185. The highest BCUT2D eigenvalue weighted by molar-refractivity contribution is 7.92. The zero-order valence-electron chi connectivity index (χ0n) is 13.7. The normalized spacial score (nSPS) is 12.2. The summed E-state index contributed by atoms with van der Waals surface area (Å²) in [5.74, 6) is 0.580. The number of nitrogens with zero attached hydrogens (tertiary/aromatic N) is 3. The number of hydrogen-bond donors (Lipinski definition) is 1. The monoisotopic (exact) mass is 416 g/mol. The minimum atomic E-state index is -4.76. The Morgan fingerprint density at radius 1 is 1.11 bits per heavy atom. The highest BCUT2D eigenvalue weighted by Gasteiger charge is 2.34. The molecule has 11 heteroatoms. The van der Waals surface area contributed by atoms with Crippen molar-refractivity contribution in [3.8, 4) is 11.4 Å². The molecule has 6 nitrogen and oxygen atoms in total. The Balaban J connectivity index is 1.88. The molecule has 0 aliphatic rings. The number of anilines is 1. The average molecular weight is 417 g/mol. The van der Waals surface area contributed by atoms with E-state index in [9.17, 15) is 21.6 Å². The number of benzene rings is 2. The topological polar surface area (TPSA) is 76.9 Å². The fourth-order valence-corrected chi connectivity index (χ4v) is 3.64. The van der Waals surface area contributed by atoms with Gasteiger partial charge in [-0.25, -0.2) is 8.42 Å². The molecule has 0 radical (unpaired) electrons. The molecular formula is C16H12ClF3N4O2S. The Labute approximate surface area is 157 Å². The summed E-state index contributed by atoms with van der Waals surface area (Å²) in [5.41, 5.74) is -0.335. The van der Waals surface area contributed by atoms with Crippen molar-refractivity contribution in [2.24, 2.45) is 7.05 Å². The van der Waals surface area contributed by atoms with Crippen molar-refractivity contribution >= 4 is 27.3 Å². The van der Waals surface area contributed by atoms with Gasteiger partial charge >= 0.3 is 6.18 Å². The van der Waals surface area contributed by atoms with Crippen molar-refractivity contribution < 1.29 is 21.6 Å². The molecule has 0 spiro atoms. The summed E-state index contributed by atoms with van der Waals surface area (Å²) >= 11 is 5.52. The van der Waals surface area contributed by atoms with Gasteiger partial charge in [-0.3, -0.25) is 4.72 Å². The molecule has 3 aromatic rings. The first-order valence-electron chi connectivity index (χ1n) is 7.42. The Morgan fingerprint density at radius 2 is 1.78 bits per heavy atom. The summed E-state index contributed by atoms with van der Waals surface area (Å²) in [6.07, 6.45) is -3.24. The standard InChI is InChI=1S/C16H12ClF3N4O2S/c1-24-9-21-22-15(24)10-2-4-11(5-3-10)23-27(25,26)12-6-7-14(17)13(8-12)16(18,19)20/h2-9,23H,1H3. The number of alkyl halides is 3. The van der Waals surface area contributed by atoms with E-state index in [-0.39, 0.29) is 5.69 Å². The van der Waals surface area contributed by atoms with Crippen molar-refractivity contribution in [3.05, 3.63) is 59.4 Å². The number of aromatic nitrogens is 3. The van der Waals surface area contributed by atoms with Gasteiger partial charge in [-0.15, -0.1) is 10.2 Å². The first kappa shape index (κ1) is 19.2. The van der Waals surface area contributed by atoms with Gasteiger partial charge in [-0.1, -0.05) is 11.6 Å². The Bertz CT molecular complexity index is 1080. The van der Waals surface area contributed by atoms with Gasteiger partial charge in [0.25, 0.3) is 10.0 Å². The number of sulfonamides is 1. The Hall–Kier alpha value is -2.59. The van der Waals surface area contributed by atoms with Gasteiger partial charge in [-0.2, -0.15) is 13.2 Å². The van der Waals surface area contributed by atoms with Crippen LogP contribution in [0.3, 0.4) is 0 Å². The van der Waals surface area contributed by atoms with Crippen molar-refractivity contribution in [2.75, 3.05) is 4.72 Å². The summed E-state index contributed by atoms with van der Waals surface area (Å²) in [4.78, 5) is -0.545. The van der Waals surface area contributed by atoms with Crippen LogP contribution in [-0.4, -0.2) is 23.2 Å². The second-order valence-corrected chi connectivity index (χ2v) is 7.68. The first-order valence-corrected chi connectivity index (χ1v) is 9.28. The molecule has 0 aliphatic heterocycles. The molecule has 1 aromatic heterocycles.